The first-order chi connectivity index (χ1) is 3.91. The standard InChI is InChI=1S/C6H14.CH4O.H2O/c1-3-5-6-4-2;1-2;/h3-6H2,1-2H3;2H,1H3;1H2. The topological polar surface area (TPSA) is 51.7 Å². The number of unbranched alkanes of at least 4 members (excludes halogenated alkanes) is 3. The Morgan fingerprint density at radius 1 is 0.889 bits per heavy atom. The first-order valence-electron chi connectivity index (χ1n) is 3.36. The van der Waals surface area contributed by atoms with Crippen LogP contribution in [-0.4, -0.2) is 17.7 Å². The zero-order valence-electron chi connectivity index (χ0n) is 6.78. The van der Waals surface area contributed by atoms with Crippen LogP contribution in [0.3, 0.4) is 0 Å². The number of aliphatic hydroxyl groups is 1. The Bertz CT molecular complexity index is 18.9. The predicted octanol–water partition coefficient (Wildman–Crippen LogP) is 1.37. The summed E-state index contributed by atoms with van der Waals surface area (Å²) in [5.74, 6) is 0. The zero-order valence-corrected chi connectivity index (χ0v) is 6.78. The average Bonchev–Trinajstić information content (AvgIpc) is 1.88. The molecule has 0 bridgehead atoms. The van der Waals surface area contributed by atoms with Gasteiger partial charge in [-0.15, -0.1) is 0 Å². The third-order valence-corrected chi connectivity index (χ3v) is 0.957. The van der Waals surface area contributed by atoms with Crippen LogP contribution < -0.4 is 0 Å². The van der Waals surface area contributed by atoms with E-state index >= 15 is 0 Å². The molecule has 0 amide bonds. The van der Waals surface area contributed by atoms with Crippen molar-refractivity contribution in [2.24, 2.45) is 0 Å². The van der Waals surface area contributed by atoms with Crippen molar-refractivity contribution in [2.45, 2.75) is 39.5 Å². The Kier molecular flexibility index (Phi) is 43.8. The Hall–Kier alpha value is -0.0800. The summed E-state index contributed by atoms with van der Waals surface area (Å²) in [6.07, 6.45) is 5.54. The van der Waals surface area contributed by atoms with Gasteiger partial charge in [0.2, 0.25) is 0 Å². The van der Waals surface area contributed by atoms with Gasteiger partial charge in [0.1, 0.15) is 0 Å². The molecule has 0 saturated heterocycles. The highest BCUT2D eigenvalue weighted by molar-refractivity contribution is 4.31. The van der Waals surface area contributed by atoms with Gasteiger partial charge >= 0.3 is 0 Å². The monoisotopic (exact) mass is 136 g/mol. The predicted molar refractivity (Wildman–Crippen MR) is 41.6 cm³/mol. The van der Waals surface area contributed by atoms with Crippen molar-refractivity contribution >= 4 is 0 Å². The van der Waals surface area contributed by atoms with E-state index < -0.39 is 0 Å². The van der Waals surface area contributed by atoms with Gasteiger partial charge < -0.3 is 10.6 Å². The SMILES string of the molecule is CCCCCC.CO.O. The fraction of sp³-hybridized carbons (Fsp3) is 1.00. The molecule has 2 nitrogen and oxygen atoms in total. The molecule has 0 aromatic heterocycles. The van der Waals surface area contributed by atoms with Gasteiger partial charge in [-0.3, -0.25) is 0 Å². The van der Waals surface area contributed by atoms with Crippen LogP contribution in [0.15, 0.2) is 0 Å². The van der Waals surface area contributed by atoms with E-state index in [9.17, 15) is 0 Å². The quantitative estimate of drug-likeness (QED) is 0.585. The molecule has 2 heteroatoms. The maximum Gasteiger partial charge on any atom is 0.0319 e. The molecular weight excluding hydrogens is 116 g/mol. The molecule has 0 saturated carbocycles. The molecule has 0 aromatic rings. The maximum atomic E-state index is 7.00. The molecule has 0 unspecified atom stereocenters. The van der Waals surface area contributed by atoms with Gasteiger partial charge in [0.05, 0.1) is 0 Å². The molecule has 0 rings (SSSR count). The lowest BCUT2D eigenvalue weighted by Gasteiger charge is -1.86. The largest absolute Gasteiger partial charge is 0.412 e. The van der Waals surface area contributed by atoms with Crippen molar-refractivity contribution < 1.29 is 10.6 Å². The van der Waals surface area contributed by atoms with Gasteiger partial charge in [0.25, 0.3) is 0 Å². The van der Waals surface area contributed by atoms with Crippen LogP contribution in [0.25, 0.3) is 0 Å². The lowest BCUT2D eigenvalue weighted by atomic mass is 10.2. The summed E-state index contributed by atoms with van der Waals surface area (Å²) in [7, 11) is 1.00. The molecule has 0 radical (unpaired) electrons. The molecule has 0 aliphatic carbocycles. The van der Waals surface area contributed by atoms with E-state index in [1.165, 1.54) is 25.7 Å². The molecule has 0 fully saturated rings. The Balaban J connectivity index is -0.000000109. The van der Waals surface area contributed by atoms with E-state index in [0.29, 0.717) is 0 Å². The molecule has 0 aliphatic rings. The molecule has 0 atom stereocenters. The van der Waals surface area contributed by atoms with Crippen LogP contribution in [0.1, 0.15) is 39.5 Å². The minimum atomic E-state index is 0. The zero-order chi connectivity index (χ0) is 6.83. The fourth-order valence-corrected chi connectivity index (χ4v) is 0.500. The van der Waals surface area contributed by atoms with Gasteiger partial charge in [-0.1, -0.05) is 39.5 Å². The lowest BCUT2D eigenvalue weighted by Crippen LogP contribution is -1.66. The third kappa shape index (κ3) is 32.6. The third-order valence-electron chi connectivity index (χ3n) is 0.957. The second-order valence-electron chi connectivity index (χ2n) is 1.71. The Morgan fingerprint density at radius 3 is 1.22 bits per heavy atom. The van der Waals surface area contributed by atoms with Gasteiger partial charge in [0.15, 0.2) is 0 Å². The maximum absolute atomic E-state index is 7.00. The van der Waals surface area contributed by atoms with Crippen LogP contribution in [-0.2, 0) is 0 Å². The van der Waals surface area contributed by atoms with Crippen molar-refractivity contribution in [1.29, 1.82) is 0 Å². The highest BCUT2D eigenvalue weighted by Gasteiger charge is 1.75. The average molecular weight is 136 g/mol. The van der Waals surface area contributed by atoms with E-state index in [1.54, 1.807) is 0 Å². The van der Waals surface area contributed by atoms with Crippen molar-refractivity contribution in [3.63, 3.8) is 0 Å². The summed E-state index contributed by atoms with van der Waals surface area (Å²) >= 11 is 0. The van der Waals surface area contributed by atoms with Crippen molar-refractivity contribution in [3.05, 3.63) is 0 Å². The summed E-state index contributed by atoms with van der Waals surface area (Å²) in [5.41, 5.74) is 0. The molecule has 3 N–H and O–H groups in total. The lowest BCUT2D eigenvalue weighted by molar-refractivity contribution is 0.399. The minimum absolute atomic E-state index is 0. The number of hydrogen-bond acceptors (Lipinski definition) is 1. The molecular formula is C7H20O2. The normalized spacial score (nSPS) is 6.67. The molecule has 0 heterocycles. The van der Waals surface area contributed by atoms with E-state index in [4.69, 9.17) is 5.11 Å². The van der Waals surface area contributed by atoms with Crippen molar-refractivity contribution in [2.75, 3.05) is 7.11 Å². The first kappa shape index (κ1) is 16.0. The number of rotatable bonds is 3. The van der Waals surface area contributed by atoms with Crippen LogP contribution >= 0.6 is 0 Å². The summed E-state index contributed by atoms with van der Waals surface area (Å²) in [5, 5.41) is 7.00. The number of aliphatic hydroxyl groups excluding tert-OH is 1. The van der Waals surface area contributed by atoms with E-state index in [0.717, 1.165) is 7.11 Å². The van der Waals surface area contributed by atoms with Crippen molar-refractivity contribution in [3.8, 4) is 0 Å². The van der Waals surface area contributed by atoms with Gasteiger partial charge in [-0.2, -0.15) is 0 Å². The molecule has 60 valence electrons. The summed E-state index contributed by atoms with van der Waals surface area (Å²) < 4.78 is 0. The second kappa shape index (κ2) is 24.7. The van der Waals surface area contributed by atoms with Gasteiger partial charge in [0, 0.05) is 7.11 Å². The summed E-state index contributed by atoms with van der Waals surface area (Å²) in [4.78, 5) is 0. The number of hydrogen-bond donors (Lipinski definition) is 1. The summed E-state index contributed by atoms with van der Waals surface area (Å²) in [6.45, 7) is 4.46. The Morgan fingerprint density at radius 2 is 1.11 bits per heavy atom. The van der Waals surface area contributed by atoms with E-state index in [1.807, 2.05) is 0 Å². The molecule has 0 spiro atoms. The highest BCUT2D eigenvalue weighted by atomic mass is 16.2. The molecule has 0 aliphatic heterocycles. The minimum Gasteiger partial charge on any atom is -0.412 e. The first-order valence-corrected chi connectivity index (χ1v) is 3.36. The van der Waals surface area contributed by atoms with Crippen LogP contribution in [0.2, 0.25) is 0 Å². The van der Waals surface area contributed by atoms with E-state index in [-0.39, 0.29) is 5.48 Å². The van der Waals surface area contributed by atoms with E-state index in [2.05, 4.69) is 13.8 Å². The fourth-order valence-electron chi connectivity index (χ4n) is 0.500. The molecule has 0 aromatic carbocycles. The highest BCUT2D eigenvalue weighted by Crippen LogP contribution is 1.95. The van der Waals surface area contributed by atoms with Crippen molar-refractivity contribution in [1.82, 2.24) is 0 Å². The summed E-state index contributed by atoms with van der Waals surface area (Å²) in [6, 6.07) is 0. The Labute approximate surface area is 58.2 Å². The van der Waals surface area contributed by atoms with Crippen LogP contribution in [0.4, 0.5) is 0 Å². The van der Waals surface area contributed by atoms with Crippen LogP contribution in [0, 0.1) is 0 Å². The smallest absolute Gasteiger partial charge is 0.0319 e. The van der Waals surface area contributed by atoms with Gasteiger partial charge in [-0.05, 0) is 0 Å². The second-order valence-corrected chi connectivity index (χ2v) is 1.71. The van der Waals surface area contributed by atoms with Gasteiger partial charge in [-0.25, -0.2) is 0 Å². The van der Waals surface area contributed by atoms with Crippen LogP contribution in [0.5, 0.6) is 0 Å². The molecule has 9 heavy (non-hydrogen) atoms.